The SMILES string of the molecule is O=C(O)C(O)C1CCC12CCCCC2. The molecule has 1 spiro atoms. The highest BCUT2D eigenvalue weighted by atomic mass is 16.4. The largest absolute Gasteiger partial charge is 0.479 e. The second-order valence-corrected chi connectivity index (χ2v) is 4.85. The van der Waals surface area contributed by atoms with Gasteiger partial charge >= 0.3 is 5.97 Å². The monoisotopic (exact) mass is 198 g/mol. The molecule has 0 aliphatic heterocycles. The maximum Gasteiger partial charge on any atom is 0.332 e. The van der Waals surface area contributed by atoms with Crippen LogP contribution in [-0.4, -0.2) is 22.3 Å². The van der Waals surface area contributed by atoms with E-state index in [1.54, 1.807) is 0 Å². The summed E-state index contributed by atoms with van der Waals surface area (Å²) < 4.78 is 0. The van der Waals surface area contributed by atoms with Gasteiger partial charge in [-0.25, -0.2) is 4.79 Å². The quantitative estimate of drug-likeness (QED) is 0.711. The maximum absolute atomic E-state index is 10.7. The van der Waals surface area contributed by atoms with Crippen LogP contribution in [0.1, 0.15) is 44.9 Å². The molecule has 2 atom stereocenters. The summed E-state index contributed by atoms with van der Waals surface area (Å²) in [5, 5.41) is 18.3. The van der Waals surface area contributed by atoms with Gasteiger partial charge in [-0.05, 0) is 31.1 Å². The van der Waals surface area contributed by atoms with E-state index in [9.17, 15) is 9.90 Å². The van der Waals surface area contributed by atoms with Crippen molar-refractivity contribution in [2.75, 3.05) is 0 Å². The first-order chi connectivity index (χ1) is 6.66. The maximum atomic E-state index is 10.7. The molecular formula is C11H18O3. The van der Waals surface area contributed by atoms with Gasteiger partial charge in [-0.3, -0.25) is 0 Å². The van der Waals surface area contributed by atoms with Gasteiger partial charge in [0.1, 0.15) is 0 Å². The molecule has 14 heavy (non-hydrogen) atoms. The number of aliphatic hydroxyl groups excluding tert-OH is 1. The summed E-state index contributed by atoms with van der Waals surface area (Å²) in [6, 6.07) is 0. The molecule has 0 amide bonds. The number of aliphatic hydroxyl groups is 1. The lowest BCUT2D eigenvalue weighted by molar-refractivity contribution is -0.162. The third-order valence-corrected chi connectivity index (χ3v) is 4.22. The van der Waals surface area contributed by atoms with Crippen LogP contribution in [0.4, 0.5) is 0 Å². The minimum atomic E-state index is -1.12. The number of rotatable bonds is 2. The van der Waals surface area contributed by atoms with Crippen LogP contribution < -0.4 is 0 Å². The van der Waals surface area contributed by atoms with Crippen molar-refractivity contribution >= 4 is 5.97 Å². The average Bonchev–Trinajstić information content (AvgIpc) is 2.17. The average molecular weight is 198 g/mol. The fourth-order valence-corrected chi connectivity index (χ4v) is 3.26. The number of aliphatic carboxylic acids is 1. The zero-order valence-corrected chi connectivity index (χ0v) is 8.41. The fourth-order valence-electron chi connectivity index (χ4n) is 3.26. The lowest BCUT2D eigenvalue weighted by atomic mass is 9.52. The van der Waals surface area contributed by atoms with Crippen LogP contribution in [0.5, 0.6) is 0 Å². The van der Waals surface area contributed by atoms with Crippen LogP contribution >= 0.6 is 0 Å². The molecule has 2 aliphatic carbocycles. The van der Waals surface area contributed by atoms with Crippen molar-refractivity contribution in [3.8, 4) is 0 Å². The lowest BCUT2D eigenvalue weighted by Gasteiger charge is -2.53. The van der Waals surface area contributed by atoms with Crippen molar-refractivity contribution in [1.29, 1.82) is 0 Å². The molecule has 2 N–H and O–H groups in total. The molecule has 2 fully saturated rings. The smallest absolute Gasteiger partial charge is 0.332 e. The number of hydrogen-bond acceptors (Lipinski definition) is 2. The summed E-state index contributed by atoms with van der Waals surface area (Å²) in [5.74, 6) is -1.01. The van der Waals surface area contributed by atoms with Crippen molar-refractivity contribution in [3.05, 3.63) is 0 Å². The molecule has 80 valence electrons. The Morgan fingerprint density at radius 1 is 1.21 bits per heavy atom. The highest BCUT2D eigenvalue weighted by Crippen LogP contribution is 2.57. The second kappa shape index (κ2) is 3.54. The van der Waals surface area contributed by atoms with Crippen LogP contribution in [0.2, 0.25) is 0 Å². The Bertz CT molecular complexity index is 231. The van der Waals surface area contributed by atoms with E-state index in [4.69, 9.17) is 5.11 Å². The van der Waals surface area contributed by atoms with E-state index >= 15 is 0 Å². The molecular weight excluding hydrogens is 180 g/mol. The van der Waals surface area contributed by atoms with Crippen molar-refractivity contribution in [3.63, 3.8) is 0 Å². The van der Waals surface area contributed by atoms with Gasteiger partial charge in [0.25, 0.3) is 0 Å². The van der Waals surface area contributed by atoms with Crippen molar-refractivity contribution in [2.45, 2.75) is 51.0 Å². The zero-order valence-electron chi connectivity index (χ0n) is 8.41. The van der Waals surface area contributed by atoms with Crippen LogP contribution in [-0.2, 0) is 4.79 Å². The van der Waals surface area contributed by atoms with Crippen molar-refractivity contribution in [1.82, 2.24) is 0 Å². The molecule has 0 bridgehead atoms. The highest BCUT2D eigenvalue weighted by molar-refractivity contribution is 5.72. The van der Waals surface area contributed by atoms with E-state index in [0.29, 0.717) is 0 Å². The van der Waals surface area contributed by atoms with Gasteiger partial charge in [-0.2, -0.15) is 0 Å². The predicted molar refractivity (Wildman–Crippen MR) is 51.9 cm³/mol. The Morgan fingerprint density at radius 2 is 1.86 bits per heavy atom. The Hall–Kier alpha value is -0.570. The summed E-state index contributed by atoms with van der Waals surface area (Å²) in [6.45, 7) is 0. The Morgan fingerprint density at radius 3 is 2.29 bits per heavy atom. The first-order valence-corrected chi connectivity index (χ1v) is 5.57. The van der Waals surface area contributed by atoms with Gasteiger partial charge in [0.15, 0.2) is 6.10 Å². The van der Waals surface area contributed by atoms with Crippen LogP contribution in [0.15, 0.2) is 0 Å². The molecule has 3 nitrogen and oxygen atoms in total. The normalized spacial score (nSPS) is 32.2. The summed E-state index contributed by atoms with van der Waals surface area (Å²) in [7, 11) is 0. The fraction of sp³-hybridized carbons (Fsp3) is 0.909. The van der Waals surface area contributed by atoms with E-state index in [-0.39, 0.29) is 11.3 Å². The number of hydrogen-bond donors (Lipinski definition) is 2. The van der Waals surface area contributed by atoms with Crippen molar-refractivity contribution in [2.24, 2.45) is 11.3 Å². The Kier molecular flexibility index (Phi) is 2.52. The Labute approximate surface area is 84.1 Å². The van der Waals surface area contributed by atoms with Gasteiger partial charge in [-0.15, -0.1) is 0 Å². The Balaban J connectivity index is 2.03. The van der Waals surface area contributed by atoms with Crippen LogP contribution in [0, 0.1) is 11.3 Å². The van der Waals surface area contributed by atoms with Gasteiger partial charge in [-0.1, -0.05) is 19.3 Å². The van der Waals surface area contributed by atoms with Crippen molar-refractivity contribution < 1.29 is 15.0 Å². The first-order valence-electron chi connectivity index (χ1n) is 5.57. The number of carbonyl (C=O) groups is 1. The molecule has 0 aromatic heterocycles. The van der Waals surface area contributed by atoms with Gasteiger partial charge in [0, 0.05) is 5.92 Å². The summed E-state index contributed by atoms with van der Waals surface area (Å²) >= 11 is 0. The highest BCUT2D eigenvalue weighted by Gasteiger charge is 2.51. The number of carboxylic acid groups (broad SMARTS) is 1. The minimum Gasteiger partial charge on any atom is -0.479 e. The molecule has 2 rings (SSSR count). The molecule has 0 heterocycles. The van der Waals surface area contributed by atoms with Gasteiger partial charge in [0.05, 0.1) is 0 Å². The van der Waals surface area contributed by atoms with Gasteiger partial charge in [0.2, 0.25) is 0 Å². The summed E-state index contributed by atoms with van der Waals surface area (Å²) in [5.41, 5.74) is 0.191. The molecule has 2 aliphatic rings. The molecule has 0 saturated heterocycles. The standard InChI is InChI=1S/C11H18O3/c12-9(10(13)14)8-4-7-11(8)5-2-1-3-6-11/h8-9,12H,1-7H2,(H,13,14). The van der Waals surface area contributed by atoms with E-state index < -0.39 is 12.1 Å². The lowest BCUT2D eigenvalue weighted by Crippen LogP contribution is -2.50. The first kappa shape index (κ1) is 9.97. The molecule has 0 aromatic carbocycles. The van der Waals surface area contributed by atoms with Crippen LogP contribution in [0.3, 0.4) is 0 Å². The third-order valence-electron chi connectivity index (χ3n) is 4.22. The van der Waals surface area contributed by atoms with Gasteiger partial charge < -0.3 is 10.2 Å². The number of carboxylic acids is 1. The molecule has 2 unspecified atom stereocenters. The van der Waals surface area contributed by atoms with Crippen LogP contribution in [0.25, 0.3) is 0 Å². The van der Waals surface area contributed by atoms with E-state index in [0.717, 1.165) is 25.7 Å². The summed E-state index contributed by atoms with van der Waals surface area (Å²) in [6.07, 6.45) is 6.85. The predicted octanol–water partition coefficient (Wildman–Crippen LogP) is 1.79. The van der Waals surface area contributed by atoms with E-state index in [1.807, 2.05) is 0 Å². The molecule has 0 aromatic rings. The minimum absolute atomic E-state index is 0.0281. The third kappa shape index (κ3) is 1.44. The zero-order chi connectivity index (χ0) is 10.2. The second-order valence-electron chi connectivity index (χ2n) is 4.85. The van der Waals surface area contributed by atoms with E-state index in [1.165, 1.54) is 19.3 Å². The molecule has 3 heteroatoms. The van der Waals surface area contributed by atoms with E-state index in [2.05, 4.69) is 0 Å². The topological polar surface area (TPSA) is 57.5 Å². The summed E-state index contributed by atoms with van der Waals surface area (Å²) in [4.78, 5) is 10.7. The molecule has 0 radical (unpaired) electrons. The molecule has 2 saturated carbocycles.